The molecule has 1 rings (SSSR count). The number of methoxy groups -OCH3 is 1. The number of aromatic hydroxyl groups is 1. The summed E-state index contributed by atoms with van der Waals surface area (Å²) in [7, 11) is 1.19. The minimum absolute atomic E-state index is 0.0203. The molecule has 0 fully saturated rings. The molecule has 0 saturated heterocycles. The van der Waals surface area contributed by atoms with Crippen molar-refractivity contribution in [2.45, 2.75) is 12.6 Å². The number of halogens is 3. The van der Waals surface area contributed by atoms with Gasteiger partial charge in [-0.3, -0.25) is 4.79 Å². The number of ether oxygens (including phenoxy) is 1. The molecular weight excluding hydrogens is 249 g/mol. The third-order valence-electron chi connectivity index (χ3n) is 2.01. The number of hydrogen-bond acceptors (Lipinski definition) is 3. The van der Waals surface area contributed by atoms with E-state index in [1.165, 1.54) is 7.11 Å². The van der Waals surface area contributed by atoms with E-state index in [4.69, 9.17) is 0 Å². The highest BCUT2D eigenvalue weighted by Crippen LogP contribution is 2.32. The Morgan fingerprint density at radius 1 is 1.44 bits per heavy atom. The molecule has 3 nitrogen and oxygen atoms in total. The van der Waals surface area contributed by atoms with Gasteiger partial charge in [0.15, 0.2) is 0 Å². The number of esters is 1. The predicted molar refractivity (Wildman–Crippen MR) is 56.6 cm³/mol. The van der Waals surface area contributed by atoms with Crippen molar-refractivity contribution in [1.29, 1.82) is 0 Å². The number of phenolic OH excluding ortho intramolecular Hbond substituents is 1. The van der Waals surface area contributed by atoms with Gasteiger partial charge < -0.3 is 9.84 Å². The lowest BCUT2D eigenvalue weighted by molar-refractivity contribution is -0.139. The van der Waals surface area contributed by atoms with E-state index in [-0.39, 0.29) is 12.0 Å². The van der Waals surface area contributed by atoms with Crippen LogP contribution in [0.15, 0.2) is 18.2 Å². The third-order valence-corrected chi connectivity index (χ3v) is 2.01. The molecule has 0 heterocycles. The van der Waals surface area contributed by atoms with Crippen LogP contribution in [0.4, 0.5) is 13.2 Å². The Hall–Kier alpha value is -2.16. The molecule has 96 valence electrons. The van der Waals surface area contributed by atoms with Gasteiger partial charge in [-0.25, -0.2) is 0 Å². The molecule has 0 aromatic heterocycles. The highest BCUT2D eigenvalue weighted by molar-refractivity contribution is 5.72. The van der Waals surface area contributed by atoms with Gasteiger partial charge in [-0.1, -0.05) is 11.8 Å². The van der Waals surface area contributed by atoms with Gasteiger partial charge in [-0.05, 0) is 18.2 Å². The summed E-state index contributed by atoms with van der Waals surface area (Å²) in [6.45, 7) is 0. The van der Waals surface area contributed by atoms with Crippen LogP contribution >= 0.6 is 0 Å². The summed E-state index contributed by atoms with van der Waals surface area (Å²) in [6.07, 6.45) is -4.72. The zero-order valence-corrected chi connectivity index (χ0v) is 9.34. The van der Waals surface area contributed by atoms with Crippen LogP contribution < -0.4 is 0 Å². The van der Waals surface area contributed by atoms with Crippen LogP contribution in [0.25, 0.3) is 0 Å². The van der Waals surface area contributed by atoms with Gasteiger partial charge in [0.25, 0.3) is 0 Å². The Labute approximate surface area is 101 Å². The van der Waals surface area contributed by atoms with Crippen LogP contribution in [0.2, 0.25) is 0 Å². The molecule has 18 heavy (non-hydrogen) atoms. The smallest absolute Gasteiger partial charge is 0.416 e. The van der Waals surface area contributed by atoms with Crippen molar-refractivity contribution in [1.82, 2.24) is 0 Å². The highest BCUT2D eigenvalue weighted by atomic mass is 19.4. The molecule has 0 spiro atoms. The van der Waals surface area contributed by atoms with E-state index < -0.39 is 23.5 Å². The number of carbonyl (C=O) groups is 1. The van der Waals surface area contributed by atoms with E-state index in [0.29, 0.717) is 6.07 Å². The minimum Gasteiger partial charge on any atom is -0.507 e. The fraction of sp³-hybridized carbons (Fsp3) is 0.250. The first-order valence-corrected chi connectivity index (χ1v) is 4.80. The van der Waals surface area contributed by atoms with Gasteiger partial charge in [-0.15, -0.1) is 0 Å². The molecular formula is C12H9F3O3. The number of hydrogen-bond donors (Lipinski definition) is 1. The van der Waals surface area contributed by atoms with E-state index in [0.717, 1.165) is 12.1 Å². The van der Waals surface area contributed by atoms with Gasteiger partial charge in [0.05, 0.1) is 18.2 Å². The van der Waals surface area contributed by atoms with Crippen molar-refractivity contribution >= 4 is 5.97 Å². The Balaban J connectivity index is 2.90. The van der Waals surface area contributed by atoms with Crippen molar-refractivity contribution in [2.75, 3.05) is 7.11 Å². The lowest BCUT2D eigenvalue weighted by Crippen LogP contribution is -2.04. The minimum atomic E-state index is -4.52. The SMILES string of the molecule is COC(=O)CC#Cc1ccc(C(F)(F)F)cc1O. The molecule has 6 heteroatoms. The maximum Gasteiger partial charge on any atom is 0.416 e. The Bertz CT molecular complexity index is 510. The van der Waals surface area contributed by atoms with E-state index in [2.05, 4.69) is 16.6 Å². The maximum atomic E-state index is 12.3. The van der Waals surface area contributed by atoms with Crippen LogP contribution in [0.5, 0.6) is 5.75 Å². The standard InChI is InChI=1S/C12H9F3O3/c1-18-11(17)4-2-3-8-5-6-9(7-10(8)16)12(13,14)15/h5-7,16H,4H2,1H3. The lowest BCUT2D eigenvalue weighted by atomic mass is 10.1. The zero-order valence-electron chi connectivity index (χ0n) is 9.34. The van der Waals surface area contributed by atoms with E-state index in [9.17, 15) is 23.1 Å². The molecule has 0 saturated carbocycles. The summed E-state index contributed by atoms with van der Waals surface area (Å²) < 4.78 is 41.2. The Morgan fingerprint density at radius 2 is 2.11 bits per heavy atom. The van der Waals surface area contributed by atoms with Gasteiger partial charge in [-0.2, -0.15) is 13.2 Å². The van der Waals surface area contributed by atoms with Gasteiger partial charge in [0.1, 0.15) is 12.2 Å². The summed E-state index contributed by atoms with van der Waals surface area (Å²) in [5, 5.41) is 9.36. The molecule has 0 aliphatic carbocycles. The van der Waals surface area contributed by atoms with Crippen molar-refractivity contribution < 1.29 is 27.8 Å². The maximum absolute atomic E-state index is 12.3. The van der Waals surface area contributed by atoms with Crippen LogP contribution in [-0.2, 0) is 15.7 Å². The second-order valence-electron chi connectivity index (χ2n) is 3.28. The molecule has 0 aliphatic heterocycles. The number of phenols is 1. The average molecular weight is 258 g/mol. The van der Waals surface area contributed by atoms with Crippen molar-refractivity contribution in [3.8, 4) is 17.6 Å². The first kappa shape index (κ1) is 13.9. The first-order chi connectivity index (χ1) is 8.34. The quantitative estimate of drug-likeness (QED) is 0.621. The van der Waals surface area contributed by atoms with Crippen molar-refractivity contribution in [3.63, 3.8) is 0 Å². The molecule has 1 N–H and O–H groups in total. The molecule has 1 aromatic carbocycles. The molecule has 0 radical (unpaired) electrons. The summed E-state index contributed by atoms with van der Waals surface area (Å²) in [6, 6.07) is 2.44. The highest BCUT2D eigenvalue weighted by Gasteiger charge is 2.30. The third kappa shape index (κ3) is 3.70. The van der Waals surface area contributed by atoms with Crippen molar-refractivity contribution in [3.05, 3.63) is 29.3 Å². The topological polar surface area (TPSA) is 46.5 Å². The van der Waals surface area contributed by atoms with Crippen LogP contribution in [0.3, 0.4) is 0 Å². The fourth-order valence-electron chi connectivity index (χ4n) is 1.10. The van der Waals surface area contributed by atoms with E-state index >= 15 is 0 Å². The largest absolute Gasteiger partial charge is 0.507 e. The summed E-state index contributed by atoms with van der Waals surface area (Å²) in [4.78, 5) is 10.7. The summed E-state index contributed by atoms with van der Waals surface area (Å²) >= 11 is 0. The number of rotatable bonds is 1. The second kappa shape index (κ2) is 5.45. The number of alkyl halides is 3. The second-order valence-corrected chi connectivity index (χ2v) is 3.28. The normalized spacial score (nSPS) is 10.4. The predicted octanol–water partition coefficient (Wildman–Crippen LogP) is 2.33. The van der Waals surface area contributed by atoms with Gasteiger partial charge in [0.2, 0.25) is 0 Å². The lowest BCUT2D eigenvalue weighted by Gasteiger charge is -2.07. The fourth-order valence-corrected chi connectivity index (χ4v) is 1.10. The Kier molecular flexibility index (Phi) is 4.21. The number of benzene rings is 1. The van der Waals surface area contributed by atoms with E-state index in [1.54, 1.807) is 0 Å². The molecule has 1 aromatic rings. The summed E-state index contributed by atoms with van der Waals surface area (Å²) in [5.74, 6) is 3.63. The first-order valence-electron chi connectivity index (χ1n) is 4.80. The van der Waals surface area contributed by atoms with Crippen LogP contribution in [-0.4, -0.2) is 18.2 Å². The van der Waals surface area contributed by atoms with Crippen LogP contribution in [0, 0.1) is 11.8 Å². The number of carbonyl (C=O) groups excluding carboxylic acids is 1. The monoisotopic (exact) mass is 258 g/mol. The average Bonchev–Trinajstić information content (AvgIpc) is 2.29. The molecule has 0 unspecified atom stereocenters. The van der Waals surface area contributed by atoms with Crippen LogP contribution in [0.1, 0.15) is 17.5 Å². The summed E-state index contributed by atoms with van der Waals surface area (Å²) in [5.41, 5.74) is -0.939. The van der Waals surface area contributed by atoms with Crippen molar-refractivity contribution in [2.24, 2.45) is 0 Å². The Morgan fingerprint density at radius 3 is 2.61 bits per heavy atom. The molecule has 0 bridgehead atoms. The zero-order chi connectivity index (χ0) is 13.8. The molecule has 0 amide bonds. The van der Waals surface area contributed by atoms with Gasteiger partial charge in [0, 0.05) is 0 Å². The molecule has 0 atom stereocenters. The van der Waals surface area contributed by atoms with E-state index in [1.807, 2.05) is 0 Å². The van der Waals surface area contributed by atoms with Gasteiger partial charge >= 0.3 is 12.1 Å². The molecule has 0 aliphatic rings.